The van der Waals surface area contributed by atoms with Gasteiger partial charge < -0.3 is 73.3 Å². The molecule has 0 aliphatic heterocycles. The van der Waals surface area contributed by atoms with Crippen molar-refractivity contribution in [3.05, 3.63) is 59.2 Å². The minimum Gasteiger partial charge on any atom is -0.504 e. The summed E-state index contributed by atoms with van der Waals surface area (Å²) in [7, 11) is 9.53. The molecule has 308 valence electrons. The van der Waals surface area contributed by atoms with Gasteiger partial charge in [-0.15, -0.1) is 0 Å². The van der Waals surface area contributed by atoms with Crippen LogP contribution in [-0.4, -0.2) is 138 Å². The summed E-state index contributed by atoms with van der Waals surface area (Å²) < 4.78 is 12.4. The fourth-order valence-electron chi connectivity index (χ4n) is 5.26. The van der Waals surface area contributed by atoms with Gasteiger partial charge in [-0.1, -0.05) is 12.1 Å². The van der Waals surface area contributed by atoms with Crippen LogP contribution in [-0.2, 0) is 19.3 Å². The molecule has 0 saturated carbocycles. The van der Waals surface area contributed by atoms with Crippen LogP contribution in [0.2, 0.25) is 0 Å². The van der Waals surface area contributed by atoms with Gasteiger partial charge in [-0.2, -0.15) is 9.98 Å². The number of hydrogen-bond acceptors (Lipinski definition) is 10. The number of likely N-dealkylation sites (N-methyl/N-ethyl adjacent to an activating group) is 3. The summed E-state index contributed by atoms with van der Waals surface area (Å²) in [6.07, 6.45) is 0.556. The third-order valence-corrected chi connectivity index (χ3v) is 8.72. The number of benzene rings is 3. The largest absolute Gasteiger partial charge is 0.504 e. The topological polar surface area (TPSA) is 340 Å². The highest BCUT2D eigenvalue weighted by Gasteiger charge is 2.23. The van der Waals surface area contributed by atoms with Gasteiger partial charge in [-0.05, 0) is 55.2 Å². The van der Waals surface area contributed by atoms with Crippen molar-refractivity contribution in [3.63, 3.8) is 0 Å². The number of hydrogen-bond donors (Lipinski definition) is 11. The number of nitrogens with one attached hydrogen (secondary N) is 2. The summed E-state index contributed by atoms with van der Waals surface area (Å²) in [5.74, 6) is -1.15. The van der Waals surface area contributed by atoms with Gasteiger partial charge in [0.05, 0.1) is 0 Å². The third kappa shape index (κ3) is 11.6. The molecule has 0 aliphatic carbocycles. The van der Waals surface area contributed by atoms with E-state index in [4.69, 9.17) is 49.0 Å². The van der Waals surface area contributed by atoms with Crippen LogP contribution in [0.15, 0.2) is 62.4 Å². The smallest absolute Gasteiger partial charge is 0.223 e. The first-order chi connectivity index (χ1) is 26.9. The van der Waals surface area contributed by atoms with E-state index >= 15 is 0 Å². The summed E-state index contributed by atoms with van der Waals surface area (Å²) in [6, 6.07) is 10.7. The molecule has 0 aliphatic rings. The Bertz CT molecular complexity index is 2050. The molecular weight excluding hydrogens is 738 g/mol. The molecule has 0 radical (unpaired) electrons. The number of nitrogens with zero attached hydrogens (tertiary/aromatic N) is 8. The van der Waals surface area contributed by atoms with Gasteiger partial charge in [0, 0.05) is 73.0 Å². The zero-order chi connectivity index (χ0) is 42.6. The summed E-state index contributed by atoms with van der Waals surface area (Å²) >= 11 is 0. The van der Waals surface area contributed by atoms with Crippen molar-refractivity contribution < 1.29 is 29.9 Å². The normalized spacial score (nSPS) is 11.8. The maximum absolute atomic E-state index is 11.8. The molecule has 0 unspecified atom stereocenters. The Balaban J connectivity index is 2.01. The molecule has 0 heterocycles. The Labute approximate surface area is 330 Å². The van der Waals surface area contributed by atoms with Gasteiger partial charge in [-0.3, -0.25) is 25.7 Å². The molecule has 0 saturated heterocycles. The number of ether oxygens (including phenoxy) is 2. The number of phenols is 4. The van der Waals surface area contributed by atoms with Gasteiger partial charge in [0.25, 0.3) is 0 Å². The number of aliphatic imine (C=N–C) groups is 4. The van der Waals surface area contributed by atoms with Gasteiger partial charge >= 0.3 is 0 Å². The number of guanidine groups is 6. The van der Waals surface area contributed by atoms with E-state index in [0.717, 1.165) is 0 Å². The van der Waals surface area contributed by atoms with Crippen LogP contribution in [0.4, 0.5) is 0 Å². The second-order valence-electron chi connectivity index (χ2n) is 12.7. The predicted molar refractivity (Wildman–Crippen MR) is 221 cm³/mol. The maximum atomic E-state index is 11.8. The molecule has 0 aromatic heterocycles. The average Bonchev–Trinajstić information content (AvgIpc) is 3.17. The molecule has 3 rings (SSSR count). The van der Waals surface area contributed by atoms with Crippen molar-refractivity contribution in [3.8, 4) is 46.0 Å². The summed E-state index contributed by atoms with van der Waals surface area (Å²) in [4.78, 5) is 21.8. The lowest BCUT2D eigenvalue weighted by Crippen LogP contribution is -2.46. The zero-order valence-electron chi connectivity index (χ0n) is 32.9. The van der Waals surface area contributed by atoms with Crippen molar-refractivity contribution in [2.45, 2.75) is 19.3 Å². The fraction of sp³-hybridized carbons (Fsp3) is 0.333. The van der Waals surface area contributed by atoms with Crippen molar-refractivity contribution in [2.24, 2.45) is 48.6 Å². The maximum Gasteiger partial charge on any atom is 0.223 e. The molecule has 0 spiro atoms. The molecule has 0 fully saturated rings. The van der Waals surface area contributed by atoms with Crippen molar-refractivity contribution in [1.82, 2.24) is 19.6 Å². The summed E-state index contributed by atoms with van der Waals surface area (Å²) in [6.45, 7) is 0.742. The van der Waals surface area contributed by atoms with E-state index in [0.29, 0.717) is 24.5 Å². The lowest BCUT2D eigenvalue weighted by molar-refractivity contribution is 0.371. The van der Waals surface area contributed by atoms with Crippen LogP contribution < -0.4 is 38.1 Å². The average molecular weight is 792 g/mol. The van der Waals surface area contributed by atoms with E-state index in [2.05, 4.69) is 20.0 Å². The second-order valence-corrected chi connectivity index (χ2v) is 12.7. The molecule has 16 N–H and O–H groups in total. The number of para-hydroxylation sites is 1. The predicted octanol–water partition coefficient (Wildman–Crippen LogP) is 0.795. The molecule has 0 bridgehead atoms. The highest BCUT2D eigenvalue weighted by Crippen LogP contribution is 2.45. The fourth-order valence-corrected chi connectivity index (χ4v) is 5.26. The highest BCUT2D eigenvalue weighted by molar-refractivity contribution is 5.95. The van der Waals surface area contributed by atoms with Crippen LogP contribution >= 0.6 is 0 Å². The Hall–Kier alpha value is -7.32. The molecule has 57 heavy (non-hydrogen) atoms. The van der Waals surface area contributed by atoms with Crippen molar-refractivity contribution >= 4 is 35.8 Å². The van der Waals surface area contributed by atoms with Crippen molar-refractivity contribution in [2.75, 3.05) is 61.9 Å². The summed E-state index contributed by atoms with van der Waals surface area (Å²) in [5, 5.41) is 60.4. The van der Waals surface area contributed by atoms with Crippen molar-refractivity contribution in [1.29, 1.82) is 10.8 Å². The molecule has 21 nitrogen and oxygen atoms in total. The number of aromatic hydroxyl groups is 4. The lowest BCUT2D eigenvalue weighted by atomic mass is 10.1. The zero-order valence-corrected chi connectivity index (χ0v) is 32.9. The van der Waals surface area contributed by atoms with Gasteiger partial charge in [0.15, 0.2) is 58.3 Å². The van der Waals surface area contributed by atoms with Gasteiger partial charge in [-0.25, -0.2) is 0 Å². The minimum atomic E-state index is -0.434. The van der Waals surface area contributed by atoms with E-state index in [-0.39, 0.29) is 107 Å². The molecule has 3 aromatic carbocycles. The second kappa shape index (κ2) is 19.8. The van der Waals surface area contributed by atoms with Crippen LogP contribution in [0, 0.1) is 10.8 Å². The quantitative estimate of drug-likeness (QED) is 0.0648. The number of rotatable bonds is 13. The standard InChI is InChI=1S/C36H53N15O6/c1-44-33(41)47-34(42)48(3)18-15-21-24(11-10-23(52)29(21)54)57-27-13-12-25(22(30(27)55)16-19-49(4)35(43)51(6)32(39)40)56-26-9-7-8-20(28(26)53)14-17-50(5)36(45-2)46-31(37)38/h7-13,43,52-55H,14-19H2,1-6H3,(H3,39,40)(H4,37,38,45,46)(H4,41,42,44,47). The van der Waals surface area contributed by atoms with E-state index in [1.807, 2.05) is 0 Å². The number of nitrogens with two attached hydrogens (primary N) is 5. The van der Waals surface area contributed by atoms with E-state index in [1.54, 1.807) is 62.3 Å². The Morgan fingerprint density at radius 3 is 1.75 bits per heavy atom. The van der Waals surface area contributed by atoms with E-state index in [9.17, 15) is 20.4 Å². The Kier molecular flexibility index (Phi) is 15.3. The van der Waals surface area contributed by atoms with Crippen LogP contribution in [0.25, 0.3) is 0 Å². The Morgan fingerprint density at radius 1 is 0.632 bits per heavy atom. The molecule has 0 amide bonds. The molecule has 21 heteroatoms. The van der Waals surface area contributed by atoms with Gasteiger partial charge in [0.2, 0.25) is 11.9 Å². The lowest BCUT2D eigenvalue weighted by Gasteiger charge is -2.27. The van der Waals surface area contributed by atoms with E-state index in [1.165, 1.54) is 42.1 Å². The SMILES string of the molecule is CN=C(N)N=C(N)N(C)CCc1c(Oc2ccc(Oc3cccc(CCN(C)C(N=C(N)N)=NC)c3O)c(CCN(C)C(=N)N(C)C(=N)N)c2O)ccc(O)c1O. The first-order valence-electron chi connectivity index (χ1n) is 17.4. The van der Waals surface area contributed by atoms with Crippen LogP contribution in [0.3, 0.4) is 0 Å². The van der Waals surface area contributed by atoms with Crippen LogP contribution in [0.5, 0.6) is 46.0 Å². The Morgan fingerprint density at radius 2 is 1.18 bits per heavy atom. The first kappa shape index (κ1) is 44.1. The number of phenolic OH excluding ortho intramolecular Hbond substituents is 4. The minimum absolute atomic E-state index is 0.0242. The summed E-state index contributed by atoms with van der Waals surface area (Å²) in [5.41, 5.74) is 29.3. The molecule has 0 atom stereocenters. The monoisotopic (exact) mass is 791 g/mol. The first-order valence-corrected chi connectivity index (χ1v) is 17.4. The van der Waals surface area contributed by atoms with Gasteiger partial charge in [0.1, 0.15) is 11.5 Å². The molecule has 3 aromatic rings. The van der Waals surface area contributed by atoms with E-state index < -0.39 is 5.75 Å². The highest BCUT2D eigenvalue weighted by atomic mass is 16.5. The molecular formula is C36H53N15O6. The third-order valence-electron chi connectivity index (χ3n) is 8.72. The van der Waals surface area contributed by atoms with Crippen LogP contribution in [0.1, 0.15) is 16.7 Å².